The molecule has 2 fully saturated rings. The molecule has 2 saturated carbocycles. The fourth-order valence-corrected chi connectivity index (χ4v) is 4.49. The van der Waals surface area contributed by atoms with Crippen LogP contribution in [-0.2, 0) is 6.54 Å². The van der Waals surface area contributed by atoms with Gasteiger partial charge in [-0.15, -0.1) is 11.3 Å². The second kappa shape index (κ2) is 7.05. The van der Waals surface area contributed by atoms with E-state index in [1.54, 1.807) is 29.9 Å². The summed E-state index contributed by atoms with van der Waals surface area (Å²) in [7, 11) is 0. The van der Waals surface area contributed by atoms with Crippen LogP contribution in [-0.4, -0.2) is 32.4 Å². The first-order valence-electron chi connectivity index (χ1n) is 8.83. The van der Waals surface area contributed by atoms with E-state index in [0.717, 1.165) is 29.2 Å². The summed E-state index contributed by atoms with van der Waals surface area (Å²) >= 11 is 1.77. The van der Waals surface area contributed by atoms with Gasteiger partial charge in [-0.3, -0.25) is 14.9 Å². The van der Waals surface area contributed by atoms with Crippen LogP contribution in [0.4, 0.5) is 0 Å². The molecule has 2 heterocycles. The molecule has 5 heteroatoms. The van der Waals surface area contributed by atoms with Gasteiger partial charge in [-0.1, -0.05) is 19.3 Å². The highest BCUT2D eigenvalue weighted by Crippen LogP contribution is 2.33. The molecule has 2 aliphatic rings. The van der Waals surface area contributed by atoms with E-state index in [4.69, 9.17) is 0 Å². The molecule has 4 nitrogen and oxygen atoms in total. The molecule has 0 bridgehead atoms. The quantitative estimate of drug-likeness (QED) is 0.799. The van der Waals surface area contributed by atoms with Gasteiger partial charge in [0.05, 0.1) is 6.20 Å². The molecule has 0 aliphatic heterocycles. The highest BCUT2D eigenvalue weighted by molar-refractivity contribution is 7.14. The van der Waals surface area contributed by atoms with Crippen LogP contribution in [0.2, 0.25) is 0 Å². The van der Waals surface area contributed by atoms with E-state index < -0.39 is 0 Å². The minimum absolute atomic E-state index is 0.819. The molecule has 0 saturated heterocycles. The topological polar surface area (TPSA) is 41.9 Å². The van der Waals surface area contributed by atoms with E-state index in [-0.39, 0.29) is 0 Å². The Morgan fingerprint density at radius 3 is 2.61 bits per heavy atom. The third-order valence-corrected chi connectivity index (χ3v) is 5.98. The SMILES string of the molecule is c1cnc(-c2ncc(CN(CC3CCCCC3)C3CC3)s2)cn1. The van der Waals surface area contributed by atoms with Crippen molar-refractivity contribution in [3.63, 3.8) is 0 Å². The fourth-order valence-electron chi connectivity index (χ4n) is 3.59. The monoisotopic (exact) mass is 328 g/mol. The summed E-state index contributed by atoms with van der Waals surface area (Å²) in [6.45, 7) is 2.34. The molecule has 0 N–H and O–H groups in total. The summed E-state index contributed by atoms with van der Waals surface area (Å²) in [5.41, 5.74) is 0.883. The maximum atomic E-state index is 4.56. The van der Waals surface area contributed by atoms with Crippen molar-refractivity contribution in [3.05, 3.63) is 29.7 Å². The normalized spacial score (nSPS) is 19.3. The van der Waals surface area contributed by atoms with Gasteiger partial charge in [-0.2, -0.15) is 0 Å². The van der Waals surface area contributed by atoms with E-state index in [2.05, 4.69) is 19.9 Å². The molecular formula is C18H24N4S. The number of hydrogen-bond donors (Lipinski definition) is 0. The zero-order valence-corrected chi connectivity index (χ0v) is 14.3. The highest BCUT2D eigenvalue weighted by Gasteiger charge is 2.31. The third-order valence-electron chi connectivity index (χ3n) is 4.98. The van der Waals surface area contributed by atoms with E-state index in [1.165, 1.54) is 56.4 Å². The Balaban J connectivity index is 1.42. The van der Waals surface area contributed by atoms with Crippen LogP contribution in [0.3, 0.4) is 0 Å². The van der Waals surface area contributed by atoms with Crippen molar-refractivity contribution in [1.29, 1.82) is 0 Å². The van der Waals surface area contributed by atoms with Gasteiger partial charge in [0.25, 0.3) is 0 Å². The lowest BCUT2D eigenvalue weighted by Gasteiger charge is -2.29. The Morgan fingerprint density at radius 2 is 1.87 bits per heavy atom. The average Bonchev–Trinajstić information content (AvgIpc) is 3.35. The number of hydrogen-bond acceptors (Lipinski definition) is 5. The molecule has 0 amide bonds. The van der Waals surface area contributed by atoms with Crippen LogP contribution in [0, 0.1) is 5.92 Å². The van der Waals surface area contributed by atoms with E-state index >= 15 is 0 Å². The zero-order valence-electron chi connectivity index (χ0n) is 13.5. The first-order chi connectivity index (χ1) is 11.4. The van der Waals surface area contributed by atoms with E-state index in [0.29, 0.717) is 0 Å². The Kier molecular flexibility index (Phi) is 4.67. The number of aromatic nitrogens is 3. The molecule has 122 valence electrons. The Bertz CT molecular complexity index is 617. The molecule has 2 aromatic heterocycles. The standard InChI is InChI=1S/C18H24N4S/c1-2-4-14(5-3-1)12-22(15-6-7-15)13-16-10-21-18(23-16)17-11-19-8-9-20-17/h8-11,14-15H,1-7,12-13H2. The van der Waals surface area contributed by atoms with Crippen molar-refractivity contribution in [2.45, 2.75) is 57.5 Å². The minimum atomic E-state index is 0.819. The summed E-state index contributed by atoms with van der Waals surface area (Å²) in [5.74, 6) is 0.914. The van der Waals surface area contributed by atoms with Crippen molar-refractivity contribution in [2.24, 2.45) is 5.92 Å². The number of nitrogens with zero attached hydrogens (tertiary/aromatic N) is 4. The number of thiazole rings is 1. The van der Waals surface area contributed by atoms with Crippen LogP contribution in [0.1, 0.15) is 49.8 Å². The van der Waals surface area contributed by atoms with Crippen molar-refractivity contribution in [2.75, 3.05) is 6.54 Å². The van der Waals surface area contributed by atoms with Gasteiger partial charge in [0.15, 0.2) is 0 Å². The molecule has 2 aromatic rings. The van der Waals surface area contributed by atoms with Crippen molar-refractivity contribution < 1.29 is 0 Å². The Morgan fingerprint density at radius 1 is 1.00 bits per heavy atom. The second-order valence-electron chi connectivity index (χ2n) is 6.89. The van der Waals surface area contributed by atoms with Crippen molar-refractivity contribution in [1.82, 2.24) is 19.9 Å². The molecule has 0 radical (unpaired) electrons. The highest BCUT2D eigenvalue weighted by atomic mass is 32.1. The molecule has 4 rings (SSSR count). The third kappa shape index (κ3) is 3.96. The lowest BCUT2D eigenvalue weighted by Crippen LogP contribution is -2.31. The lowest BCUT2D eigenvalue weighted by atomic mass is 9.89. The van der Waals surface area contributed by atoms with Gasteiger partial charge >= 0.3 is 0 Å². The predicted molar refractivity (Wildman–Crippen MR) is 93.1 cm³/mol. The number of rotatable bonds is 6. The Hall–Kier alpha value is -1.33. The largest absolute Gasteiger partial charge is 0.295 e. The molecular weight excluding hydrogens is 304 g/mol. The maximum Gasteiger partial charge on any atom is 0.143 e. The lowest BCUT2D eigenvalue weighted by molar-refractivity contribution is 0.187. The van der Waals surface area contributed by atoms with Crippen molar-refractivity contribution >= 4 is 11.3 Å². The summed E-state index contributed by atoms with van der Waals surface area (Å²) in [4.78, 5) is 17.1. The van der Waals surface area contributed by atoms with Crippen LogP contribution in [0.5, 0.6) is 0 Å². The van der Waals surface area contributed by atoms with E-state index in [1.807, 2.05) is 6.20 Å². The van der Waals surface area contributed by atoms with Gasteiger partial charge in [-0.25, -0.2) is 4.98 Å². The van der Waals surface area contributed by atoms with Crippen LogP contribution in [0.25, 0.3) is 10.7 Å². The summed E-state index contributed by atoms with van der Waals surface area (Å²) < 4.78 is 0. The van der Waals surface area contributed by atoms with Crippen LogP contribution in [0.15, 0.2) is 24.8 Å². The van der Waals surface area contributed by atoms with E-state index in [9.17, 15) is 0 Å². The summed E-state index contributed by atoms with van der Waals surface area (Å²) in [5, 5.41) is 0.988. The van der Waals surface area contributed by atoms with Gasteiger partial charge in [0.2, 0.25) is 0 Å². The maximum absolute atomic E-state index is 4.56. The molecule has 0 aromatic carbocycles. The van der Waals surface area contributed by atoms with Gasteiger partial charge < -0.3 is 0 Å². The first kappa shape index (κ1) is 15.2. The fraction of sp³-hybridized carbons (Fsp3) is 0.611. The zero-order chi connectivity index (χ0) is 15.5. The van der Waals surface area contributed by atoms with Gasteiger partial charge in [0, 0.05) is 42.6 Å². The molecule has 23 heavy (non-hydrogen) atoms. The van der Waals surface area contributed by atoms with Crippen LogP contribution >= 0.6 is 11.3 Å². The molecule has 0 atom stereocenters. The molecule has 0 unspecified atom stereocenters. The summed E-state index contributed by atoms with van der Waals surface area (Å²) in [6, 6.07) is 0.819. The summed E-state index contributed by atoms with van der Waals surface area (Å²) in [6.07, 6.45) is 17.2. The van der Waals surface area contributed by atoms with Gasteiger partial charge in [0.1, 0.15) is 10.7 Å². The van der Waals surface area contributed by atoms with Crippen LogP contribution < -0.4 is 0 Å². The smallest absolute Gasteiger partial charge is 0.143 e. The minimum Gasteiger partial charge on any atom is -0.295 e. The second-order valence-corrected chi connectivity index (χ2v) is 8.00. The first-order valence-corrected chi connectivity index (χ1v) is 9.65. The Labute approximate surface area is 142 Å². The molecule has 2 aliphatic carbocycles. The predicted octanol–water partition coefficient (Wildman–Crippen LogP) is 4.14. The average molecular weight is 328 g/mol. The van der Waals surface area contributed by atoms with Gasteiger partial charge in [-0.05, 0) is 31.6 Å². The molecule has 0 spiro atoms. The van der Waals surface area contributed by atoms with Crippen molar-refractivity contribution in [3.8, 4) is 10.7 Å².